The molecule has 0 saturated heterocycles. The molecule has 28 heavy (non-hydrogen) atoms. The lowest BCUT2D eigenvalue weighted by molar-refractivity contribution is 0.588. The van der Waals surface area contributed by atoms with Gasteiger partial charge in [0.2, 0.25) is 0 Å². The maximum atomic E-state index is 13.4. The van der Waals surface area contributed by atoms with Crippen LogP contribution in [0.25, 0.3) is 23.2 Å². The summed E-state index contributed by atoms with van der Waals surface area (Å²) in [5.41, 5.74) is 2.95. The predicted molar refractivity (Wildman–Crippen MR) is 114 cm³/mol. The van der Waals surface area contributed by atoms with Gasteiger partial charge in [0.05, 0.1) is 15.9 Å². The lowest BCUT2D eigenvalue weighted by Crippen LogP contribution is -2.14. The van der Waals surface area contributed by atoms with E-state index in [4.69, 9.17) is 11.6 Å². The molecule has 0 aliphatic rings. The fourth-order valence-corrected chi connectivity index (χ4v) is 4.56. The minimum absolute atomic E-state index is 0.201. The van der Waals surface area contributed by atoms with Gasteiger partial charge >= 0.3 is 0 Å². The number of aromatic nitrogens is 2. The van der Waals surface area contributed by atoms with Crippen LogP contribution in [0.15, 0.2) is 77.7 Å². The maximum absolute atomic E-state index is 13.4. The highest BCUT2D eigenvalue weighted by atomic mass is 35.5. The SMILES string of the molecule is Cc1ccc(S(=O)(=O)n2c(/C=C/c3ccccc3)nc3ccc(Cl)cc32)cc1. The second kappa shape index (κ2) is 7.26. The Kier molecular flexibility index (Phi) is 4.79. The van der Waals surface area contributed by atoms with Crippen molar-refractivity contribution in [1.82, 2.24) is 8.96 Å². The number of hydrogen-bond donors (Lipinski definition) is 0. The molecule has 4 nitrogen and oxygen atoms in total. The van der Waals surface area contributed by atoms with Crippen LogP contribution < -0.4 is 0 Å². The topological polar surface area (TPSA) is 52.0 Å². The first kappa shape index (κ1) is 18.5. The van der Waals surface area contributed by atoms with Gasteiger partial charge in [0.1, 0.15) is 5.82 Å². The largest absolute Gasteiger partial charge is 0.269 e. The van der Waals surface area contributed by atoms with Gasteiger partial charge in [-0.3, -0.25) is 0 Å². The number of fused-ring (bicyclic) bond motifs is 1. The van der Waals surface area contributed by atoms with Gasteiger partial charge in [-0.2, -0.15) is 0 Å². The molecule has 1 aromatic heterocycles. The van der Waals surface area contributed by atoms with E-state index in [1.54, 1.807) is 48.5 Å². The molecular formula is C22H17ClN2O2S. The summed E-state index contributed by atoms with van der Waals surface area (Å²) in [6, 6.07) is 21.4. The van der Waals surface area contributed by atoms with Gasteiger partial charge in [-0.25, -0.2) is 17.4 Å². The number of benzene rings is 3. The molecule has 3 aromatic carbocycles. The van der Waals surface area contributed by atoms with Gasteiger partial charge in [-0.1, -0.05) is 65.7 Å². The molecule has 0 atom stereocenters. The smallest absolute Gasteiger partial charge is 0.228 e. The average molecular weight is 409 g/mol. The highest BCUT2D eigenvalue weighted by Crippen LogP contribution is 2.27. The van der Waals surface area contributed by atoms with E-state index in [2.05, 4.69) is 4.98 Å². The average Bonchev–Trinajstić information content (AvgIpc) is 3.06. The van der Waals surface area contributed by atoms with E-state index in [1.807, 2.05) is 43.3 Å². The second-order valence-corrected chi connectivity index (χ2v) is 8.65. The summed E-state index contributed by atoms with van der Waals surface area (Å²) in [6.07, 6.45) is 3.54. The molecule has 0 radical (unpaired) electrons. The number of halogens is 1. The van der Waals surface area contributed by atoms with Crippen molar-refractivity contribution in [3.05, 3.63) is 94.8 Å². The molecule has 0 spiro atoms. The lowest BCUT2D eigenvalue weighted by Gasteiger charge is -2.09. The molecule has 0 amide bonds. The summed E-state index contributed by atoms with van der Waals surface area (Å²) < 4.78 is 28.1. The summed E-state index contributed by atoms with van der Waals surface area (Å²) in [5, 5.41) is 0.450. The van der Waals surface area contributed by atoms with Crippen molar-refractivity contribution in [1.29, 1.82) is 0 Å². The standard InChI is InChI=1S/C22H17ClN2O2S/c1-16-7-11-19(12-8-16)28(26,27)25-21-15-18(23)10-13-20(21)24-22(25)14-9-17-5-3-2-4-6-17/h2-15H,1H3/b14-9+. The fourth-order valence-electron chi connectivity index (χ4n) is 2.95. The van der Waals surface area contributed by atoms with Gasteiger partial charge in [0.25, 0.3) is 10.0 Å². The summed E-state index contributed by atoms with van der Waals surface area (Å²) in [7, 11) is -3.85. The number of imidazole rings is 1. The number of hydrogen-bond acceptors (Lipinski definition) is 3. The number of rotatable bonds is 4. The van der Waals surface area contributed by atoms with Gasteiger partial charge in [-0.05, 0) is 48.9 Å². The molecule has 0 fully saturated rings. The maximum Gasteiger partial charge on any atom is 0.269 e. The Morgan fingerprint density at radius 3 is 2.36 bits per heavy atom. The van der Waals surface area contributed by atoms with Crippen molar-refractivity contribution in [3.63, 3.8) is 0 Å². The number of aryl methyl sites for hydroxylation is 1. The van der Waals surface area contributed by atoms with E-state index in [0.29, 0.717) is 21.9 Å². The molecule has 0 bridgehead atoms. The third kappa shape index (κ3) is 3.46. The highest BCUT2D eigenvalue weighted by Gasteiger charge is 2.23. The Labute approximate surface area is 168 Å². The highest BCUT2D eigenvalue weighted by molar-refractivity contribution is 7.90. The molecule has 4 rings (SSSR count). The van der Waals surface area contributed by atoms with Crippen molar-refractivity contribution in [3.8, 4) is 0 Å². The van der Waals surface area contributed by atoms with Crippen molar-refractivity contribution in [2.24, 2.45) is 0 Å². The Morgan fingerprint density at radius 1 is 0.929 bits per heavy atom. The molecule has 0 aliphatic heterocycles. The Hall–Kier alpha value is -2.89. The van der Waals surface area contributed by atoms with E-state index in [9.17, 15) is 8.42 Å². The van der Waals surface area contributed by atoms with Gasteiger partial charge in [0.15, 0.2) is 0 Å². The molecule has 0 saturated carbocycles. The van der Waals surface area contributed by atoms with E-state index < -0.39 is 10.0 Å². The quantitative estimate of drug-likeness (QED) is 0.454. The van der Waals surface area contributed by atoms with E-state index in [-0.39, 0.29) is 4.90 Å². The van der Waals surface area contributed by atoms with E-state index >= 15 is 0 Å². The molecule has 140 valence electrons. The molecule has 0 aliphatic carbocycles. The fraction of sp³-hybridized carbons (Fsp3) is 0.0455. The first-order valence-corrected chi connectivity index (χ1v) is 10.5. The molecule has 0 unspecified atom stereocenters. The third-order valence-corrected chi connectivity index (χ3v) is 6.35. The van der Waals surface area contributed by atoms with Gasteiger partial charge < -0.3 is 0 Å². The summed E-state index contributed by atoms with van der Waals surface area (Å²) in [6.45, 7) is 1.91. The summed E-state index contributed by atoms with van der Waals surface area (Å²) >= 11 is 6.14. The van der Waals surface area contributed by atoms with Crippen LogP contribution in [-0.2, 0) is 10.0 Å². The van der Waals surface area contributed by atoms with Crippen LogP contribution in [0.4, 0.5) is 0 Å². The van der Waals surface area contributed by atoms with E-state index in [0.717, 1.165) is 11.1 Å². The second-order valence-electron chi connectivity index (χ2n) is 6.43. The van der Waals surface area contributed by atoms with Gasteiger partial charge in [-0.15, -0.1) is 0 Å². The van der Waals surface area contributed by atoms with Crippen molar-refractivity contribution in [2.75, 3.05) is 0 Å². The van der Waals surface area contributed by atoms with Crippen molar-refractivity contribution >= 4 is 44.8 Å². The van der Waals surface area contributed by atoms with Crippen LogP contribution in [0.5, 0.6) is 0 Å². The number of nitrogens with zero attached hydrogens (tertiary/aromatic N) is 2. The van der Waals surface area contributed by atoms with Crippen molar-refractivity contribution < 1.29 is 8.42 Å². The molecule has 6 heteroatoms. The monoisotopic (exact) mass is 408 g/mol. The van der Waals surface area contributed by atoms with Crippen LogP contribution >= 0.6 is 11.6 Å². The van der Waals surface area contributed by atoms with Crippen LogP contribution in [0, 0.1) is 6.92 Å². The first-order chi connectivity index (χ1) is 13.4. The van der Waals surface area contributed by atoms with Crippen LogP contribution in [0.2, 0.25) is 5.02 Å². The van der Waals surface area contributed by atoms with Gasteiger partial charge in [0, 0.05) is 5.02 Å². The molecule has 4 aromatic rings. The predicted octanol–water partition coefficient (Wildman–Crippen LogP) is 5.41. The Balaban J connectivity index is 1.93. The molecule has 1 heterocycles. The van der Waals surface area contributed by atoms with E-state index in [1.165, 1.54) is 3.97 Å². The minimum Gasteiger partial charge on any atom is -0.228 e. The third-order valence-electron chi connectivity index (χ3n) is 4.38. The lowest BCUT2D eigenvalue weighted by atomic mass is 10.2. The summed E-state index contributed by atoms with van der Waals surface area (Å²) in [4.78, 5) is 4.72. The zero-order valence-electron chi connectivity index (χ0n) is 15.1. The Bertz CT molecular complexity index is 1280. The summed E-state index contributed by atoms with van der Waals surface area (Å²) in [5.74, 6) is 0.321. The molecule has 0 N–H and O–H groups in total. The van der Waals surface area contributed by atoms with Crippen LogP contribution in [-0.4, -0.2) is 17.4 Å². The van der Waals surface area contributed by atoms with Crippen LogP contribution in [0.3, 0.4) is 0 Å². The van der Waals surface area contributed by atoms with Crippen molar-refractivity contribution in [2.45, 2.75) is 11.8 Å². The first-order valence-electron chi connectivity index (χ1n) is 8.68. The zero-order chi connectivity index (χ0) is 19.7. The minimum atomic E-state index is -3.85. The Morgan fingerprint density at radius 2 is 1.64 bits per heavy atom. The normalized spacial score (nSPS) is 12.1. The van der Waals surface area contributed by atoms with Crippen LogP contribution in [0.1, 0.15) is 17.0 Å². The molecular weight excluding hydrogens is 392 g/mol. The zero-order valence-corrected chi connectivity index (χ0v) is 16.7.